The Kier molecular flexibility index (Phi) is 4.84. The first-order chi connectivity index (χ1) is 11.7. The summed E-state index contributed by atoms with van der Waals surface area (Å²) in [7, 11) is 0. The van der Waals surface area contributed by atoms with Gasteiger partial charge < -0.3 is 14.5 Å². The molecule has 2 fully saturated rings. The molecule has 2 aliphatic heterocycles. The average molecular weight is 409 g/mol. The number of carbonyl (C=O) groups is 2. The smallest absolute Gasteiger partial charge is 0.410 e. The number of benzene rings is 1. The number of nitrogens with zero attached hydrogens (tertiary/aromatic N) is 2. The molecule has 1 aromatic rings. The zero-order valence-corrected chi connectivity index (χ0v) is 16.6. The number of hydrogen-bond donors (Lipinski definition) is 0. The average Bonchev–Trinajstić information content (AvgIpc) is 2.84. The lowest BCUT2D eigenvalue weighted by Gasteiger charge is -2.38. The highest BCUT2D eigenvalue weighted by Gasteiger charge is 2.49. The van der Waals surface area contributed by atoms with Crippen molar-refractivity contribution in [3.8, 4) is 0 Å². The van der Waals surface area contributed by atoms with E-state index in [0.717, 1.165) is 23.1 Å². The third-order valence-corrected chi connectivity index (χ3v) is 5.55. The van der Waals surface area contributed by atoms with Crippen molar-refractivity contribution in [2.75, 3.05) is 24.5 Å². The minimum absolute atomic E-state index is 0.193. The quantitative estimate of drug-likeness (QED) is 0.699. The molecule has 25 heavy (non-hydrogen) atoms. The lowest BCUT2D eigenvalue weighted by Crippen LogP contribution is -2.48. The third kappa shape index (κ3) is 3.84. The monoisotopic (exact) mass is 408 g/mol. The van der Waals surface area contributed by atoms with Crippen LogP contribution in [0, 0.1) is 5.41 Å². The molecule has 0 N–H and O–H groups in total. The second-order valence-corrected chi connectivity index (χ2v) is 8.85. The summed E-state index contributed by atoms with van der Waals surface area (Å²) in [5.74, 6) is 0.193. The van der Waals surface area contributed by atoms with Gasteiger partial charge in [-0.15, -0.1) is 0 Å². The number of ether oxygens (including phenoxy) is 1. The van der Waals surface area contributed by atoms with Crippen LogP contribution < -0.4 is 4.90 Å². The number of rotatable bonds is 1. The largest absolute Gasteiger partial charge is 0.444 e. The third-order valence-electron chi connectivity index (χ3n) is 5.02. The van der Waals surface area contributed by atoms with Gasteiger partial charge >= 0.3 is 6.09 Å². The molecule has 2 aliphatic rings. The molecule has 2 amide bonds. The first-order valence-corrected chi connectivity index (χ1v) is 9.55. The van der Waals surface area contributed by atoms with Crippen LogP contribution >= 0.6 is 15.9 Å². The van der Waals surface area contributed by atoms with Crippen LogP contribution in [-0.4, -0.2) is 42.1 Å². The Hall–Kier alpha value is -1.56. The molecule has 0 aromatic heterocycles. The Balaban J connectivity index is 1.64. The predicted molar refractivity (Wildman–Crippen MR) is 101 cm³/mol. The van der Waals surface area contributed by atoms with E-state index in [-0.39, 0.29) is 17.4 Å². The van der Waals surface area contributed by atoms with Gasteiger partial charge in [-0.3, -0.25) is 4.79 Å². The zero-order chi connectivity index (χ0) is 18.2. The standard InChI is InChI=1S/C19H25BrN2O3/c1-18(2,3)25-17(24)21-11-8-19(9-12-21)10-13-22(16(19)23)15-6-4-14(20)5-7-15/h4-7H,8-13H2,1-3H3. The van der Waals surface area contributed by atoms with Crippen molar-refractivity contribution in [2.24, 2.45) is 5.41 Å². The summed E-state index contributed by atoms with van der Waals surface area (Å²) in [6.45, 7) is 7.50. The van der Waals surface area contributed by atoms with Gasteiger partial charge in [0.05, 0.1) is 5.41 Å². The molecule has 1 spiro atoms. The van der Waals surface area contributed by atoms with Crippen LogP contribution in [0.1, 0.15) is 40.0 Å². The van der Waals surface area contributed by atoms with E-state index in [1.165, 1.54) is 0 Å². The Labute approximate surface area is 157 Å². The topological polar surface area (TPSA) is 49.9 Å². The molecule has 136 valence electrons. The second kappa shape index (κ2) is 6.63. The maximum atomic E-state index is 13.1. The molecule has 0 unspecified atom stereocenters. The van der Waals surface area contributed by atoms with Gasteiger partial charge in [0.2, 0.25) is 5.91 Å². The fourth-order valence-electron chi connectivity index (χ4n) is 3.60. The number of amides is 2. The van der Waals surface area contributed by atoms with Crippen molar-refractivity contribution in [1.29, 1.82) is 0 Å². The van der Waals surface area contributed by atoms with Crippen LogP contribution in [0.15, 0.2) is 28.7 Å². The summed E-state index contributed by atoms with van der Waals surface area (Å²) in [5.41, 5.74) is 0.124. The molecular weight excluding hydrogens is 384 g/mol. The lowest BCUT2D eigenvalue weighted by atomic mass is 9.77. The SMILES string of the molecule is CC(C)(C)OC(=O)N1CCC2(CC1)CCN(c1ccc(Br)cc1)C2=O. The van der Waals surface area contributed by atoms with Gasteiger partial charge in [-0.1, -0.05) is 15.9 Å². The maximum absolute atomic E-state index is 13.1. The Bertz CT molecular complexity index is 658. The first kappa shape index (κ1) is 18.2. The van der Waals surface area contributed by atoms with E-state index in [1.54, 1.807) is 4.90 Å². The molecule has 6 heteroatoms. The molecule has 2 heterocycles. The van der Waals surface area contributed by atoms with Crippen LogP contribution in [0.2, 0.25) is 0 Å². The van der Waals surface area contributed by atoms with Crippen LogP contribution in [0.25, 0.3) is 0 Å². The molecule has 0 aliphatic carbocycles. The van der Waals surface area contributed by atoms with Gasteiger partial charge in [0.25, 0.3) is 0 Å². The highest BCUT2D eigenvalue weighted by Crippen LogP contribution is 2.43. The van der Waals surface area contributed by atoms with Crippen molar-refractivity contribution >= 4 is 33.6 Å². The summed E-state index contributed by atoms with van der Waals surface area (Å²) in [6.07, 6.45) is 1.98. The number of anilines is 1. The van der Waals surface area contributed by atoms with Crippen molar-refractivity contribution < 1.29 is 14.3 Å². The Morgan fingerprint density at radius 3 is 2.20 bits per heavy atom. The molecule has 0 saturated carbocycles. The van der Waals surface area contributed by atoms with Gasteiger partial charge in [-0.2, -0.15) is 0 Å². The lowest BCUT2D eigenvalue weighted by molar-refractivity contribution is -0.128. The van der Waals surface area contributed by atoms with E-state index in [2.05, 4.69) is 15.9 Å². The summed E-state index contributed by atoms with van der Waals surface area (Å²) >= 11 is 3.43. The zero-order valence-electron chi connectivity index (χ0n) is 15.0. The highest BCUT2D eigenvalue weighted by atomic mass is 79.9. The normalized spacial score (nSPS) is 20.2. The van der Waals surface area contributed by atoms with E-state index in [4.69, 9.17) is 4.74 Å². The van der Waals surface area contributed by atoms with Gasteiger partial charge in [0.15, 0.2) is 0 Å². The molecule has 0 bridgehead atoms. The Morgan fingerprint density at radius 1 is 1.08 bits per heavy atom. The van der Waals surface area contributed by atoms with E-state index >= 15 is 0 Å². The second-order valence-electron chi connectivity index (χ2n) is 7.93. The molecule has 1 aromatic carbocycles. The summed E-state index contributed by atoms with van der Waals surface area (Å²) < 4.78 is 6.45. The van der Waals surface area contributed by atoms with Crippen LogP contribution in [0.5, 0.6) is 0 Å². The van der Waals surface area contributed by atoms with E-state index in [0.29, 0.717) is 25.9 Å². The van der Waals surface area contributed by atoms with Crippen molar-refractivity contribution in [3.05, 3.63) is 28.7 Å². The van der Waals surface area contributed by atoms with Crippen LogP contribution in [-0.2, 0) is 9.53 Å². The van der Waals surface area contributed by atoms with Crippen LogP contribution in [0.4, 0.5) is 10.5 Å². The molecule has 0 radical (unpaired) electrons. The van der Waals surface area contributed by atoms with Crippen molar-refractivity contribution in [3.63, 3.8) is 0 Å². The summed E-state index contributed by atoms with van der Waals surface area (Å²) in [4.78, 5) is 28.9. The highest BCUT2D eigenvalue weighted by molar-refractivity contribution is 9.10. The van der Waals surface area contributed by atoms with Crippen molar-refractivity contribution in [2.45, 2.75) is 45.6 Å². The van der Waals surface area contributed by atoms with E-state index < -0.39 is 5.60 Å². The number of likely N-dealkylation sites (tertiary alicyclic amines) is 1. The minimum Gasteiger partial charge on any atom is -0.444 e. The molecule has 2 saturated heterocycles. The number of carbonyl (C=O) groups excluding carboxylic acids is 2. The van der Waals surface area contributed by atoms with E-state index in [1.807, 2.05) is 49.9 Å². The predicted octanol–water partition coefficient (Wildman–Crippen LogP) is 4.20. The first-order valence-electron chi connectivity index (χ1n) is 8.76. The number of halogens is 1. The molecule has 5 nitrogen and oxygen atoms in total. The number of piperidine rings is 1. The maximum Gasteiger partial charge on any atom is 0.410 e. The van der Waals surface area contributed by atoms with E-state index in [9.17, 15) is 9.59 Å². The van der Waals surface area contributed by atoms with Gasteiger partial charge in [0, 0.05) is 29.8 Å². The minimum atomic E-state index is -0.492. The van der Waals surface area contributed by atoms with Gasteiger partial charge in [0.1, 0.15) is 5.60 Å². The van der Waals surface area contributed by atoms with Gasteiger partial charge in [-0.25, -0.2) is 4.79 Å². The summed E-state index contributed by atoms with van der Waals surface area (Å²) in [6, 6.07) is 7.85. The molecule has 3 rings (SSSR count). The van der Waals surface area contributed by atoms with Gasteiger partial charge in [-0.05, 0) is 64.3 Å². The summed E-state index contributed by atoms with van der Waals surface area (Å²) in [5, 5.41) is 0. The fourth-order valence-corrected chi connectivity index (χ4v) is 3.86. The Morgan fingerprint density at radius 2 is 1.64 bits per heavy atom. The molecule has 0 atom stereocenters. The fraction of sp³-hybridized carbons (Fsp3) is 0.579. The van der Waals surface area contributed by atoms with Crippen molar-refractivity contribution in [1.82, 2.24) is 4.90 Å². The molecular formula is C19H25BrN2O3. The van der Waals surface area contributed by atoms with Crippen LogP contribution in [0.3, 0.4) is 0 Å². The number of hydrogen-bond acceptors (Lipinski definition) is 3.